The SMILES string of the molecule is Nc1nccc2c1C=CCC2(N)c1ncccc1-c1ncnc2cc[nH]c12. The number of nitrogen functional groups attached to an aromatic ring is 1. The first-order chi connectivity index (χ1) is 13.2. The lowest BCUT2D eigenvalue weighted by Crippen LogP contribution is -2.41. The number of aromatic nitrogens is 5. The van der Waals surface area contributed by atoms with E-state index in [9.17, 15) is 0 Å². The van der Waals surface area contributed by atoms with E-state index in [1.54, 1.807) is 18.7 Å². The summed E-state index contributed by atoms with van der Waals surface area (Å²) in [5.41, 5.74) is 18.1. The van der Waals surface area contributed by atoms with Gasteiger partial charge in [0.05, 0.1) is 28.0 Å². The molecule has 27 heavy (non-hydrogen) atoms. The third-order valence-electron chi connectivity index (χ3n) is 5.06. The van der Waals surface area contributed by atoms with E-state index in [1.165, 1.54) is 0 Å². The Morgan fingerprint density at radius 1 is 1.04 bits per heavy atom. The number of anilines is 1. The van der Waals surface area contributed by atoms with Gasteiger partial charge in [-0.3, -0.25) is 4.98 Å². The summed E-state index contributed by atoms with van der Waals surface area (Å²) < 4.78 is 0. The maximum absolute atomic E-state index is 6.97. The van der Waals surface area contributed by atoms with Gasteiger partial charge in [0.25, 0.3) is 0 Å². The van der Waals surface area contributed by atoms with Crippen LogP contribution in [0.2, 0.25) is 0 Å². The molecule has 1 unspecified atom stereocenters. The molecule has 1 aliphatic carbocycles. The summed E-state index contributed by atoms with van der Waals surface area (Å²) >= 11 is 0. The van der Waals surface area contributed by atoms with E-state index in [-0.39, 0.29) is 0 Å². The fraction of sp³-hybridized carbons (Fsp3) is 0.100. The van der Waals surface area contributed by atoms with Crippen LogP contribution in [0.25, 0.3) is 28.4 Å². The van der Waals surface area contributed by atoms with E-state index < -0.39 is 5.54 Å². The van der Waals surface area contributed by atoms with Gasteiger partial charge in [-0.25, -0.2) is 15.0 Å². The number of nitrogens with zero attached hydrogens (tertiary/aromatic N) is 4. The molecule has 7 heteroatoms. The molecule has 4 aromatic heterocycles. The predicted molar refractivity (Wildman–Crippen MR) is 104 cm³/mol. The Kier molecular flexibility index (Phi) is 3.32. The van der Waals surface area contributed by atoms with Crippen molar-refractivity contribution in [1.29, 1.82) is 0 Å². The maximum Gasteiger partial charge on any atom is 0.130 e. The maximum atomic E-state index is 6.97. The Morgan fingerprint density at radius 2 is 1.96 bits per heavy atom. The summed E-state index contributed by atoms with van der Waals surface area (Å²) in [4.78, 5) is 20.9. The van der Waals surface area contributed by atoms with Gasteiger partial charge in [-0.15, -0.1) is 0 Å². The number of hydrogen-bond donors (Lipinski definition) is 3. The standard InChI is InChI=1S/C20H17N7/c21-19-12-3-1-7-20(22,14(12)5-9-25-19)18-13(4-2-8-24-18)16-17-15(6-10-23-17)26-11-27-16/h1-6,8-11,23H,7,22H2,(H2,21,25). The molecule has 7 nitrogen and oxygen atoms in total. The number of hydrogen-bond acceptors (Lipinski definition) is 6. The minimum atomic E-state index is -0.832. The number of fused-ring (bicyclic) bond motifs is 2. The van der Waals surface area contributed by atoms with Crippen LogP contribution >= 0.6 is 0 Å². The average molecular weight is 355 g/mol. The molecule has 0 aliphatic heterocycles. The van der Waals surface area contributed by atoms with Gasteiger partial charge in [0.15, 0.2) is 0 Å². The van der Waals surface area contributed by atoms with E-state index in [0.717, 1.165) is 39.1 Å². The Bertz CT molecular complexity index is 1190. The van der Waals surface area contributed by atoms with Gasteiger partial charge in [0, 0.05) is 29.7 Å². The highest BCUT2D eigenvalue weighted by atomic mass is 14.9. The molecule has 5 N–H and O–H groups in total. The Hall–Kier alpha value is -3.58. The van der Waals surface area contributed by atoms with E-state index in [0.29, 0.717) is 12.2 Å². The van der Waals surface area contributed by atoms with Crippen LogP contribution in [0.5, 0.6) is 0 Å². The van der Waals surface area contributed by atoms with Gasteiger partial charge in [0.2, 0.25) is 0 Å². The van der Waals surface area contributed by atoms with Crippen LogP contribution in [0, 0.1) is 0 Å². The monoisotopic (exact) mass is 355 g/mol. The fourth-order valence-electron chi connectivity index (χ4n) is 3.78. The molecule has 4 heterocycles. The summed E-state index contributed by atoms with van der Waals surface area (Å²) in [6, 6.07) is 7.71. The summed E-state index contributed by atoms with van der Waals surface area (Å²) in [5, 5.41) is 0. The second-order valence-electron chi connectivity index (χ2n) is 6.60. The van der Waals surface area contributed by atoms with Crippen molar-refractivity contribution in [2.75, 3.05) is 5.73 Å². The van der Waals surface area contributed by atoms with Crippen LogP contribution in [-0.2, 0) is 5.54 Å². The van der Waals surface area contributed by atoms with Crippen LogP contribution in [0.3, 0.4) is 0 Å². The quantitative estimate of drug-likeness (QED) is 0.508. The zero-order valence-corrected chi connectivity index (χ0v) is 14.4. The summed E-state index contributed by atoms with van der Waals surface area (Å²) in [5.74, 6) is 0.463. The molecule has 5 rings (SSSR count). The molecule has 0 spiro atoms. The van der Waals surface area contributed by atoms with Crippen molar-refractivity contribution in [3.05, 3.63) is 72.1 Å². The molecular weight excluding hydrogens is 338 g/mol. The molecule has 4 aromatic rings. The molecule has 0 fully saturated rings. The first-order valence-electron chi connectivity index (χ1n) is 8.63. The van der Waals surface area contributed by atoms with Crippen LogP contribution in [0.4, 0.5) is 5.82 Å². The molecule has 0 bridgehead atoms. The molecule has 1 atom stereocenters. The van der Waals surface area contributed by atoms with Crippen molar-refractivity contribution < 1.29 is 0 Å². The van der Waals surface area contributed by atoms with Gasteiger partial charge in [-0.05, 0) is 36.2 Å². The Balaban J connectivity index is 1.78. The topological polar surface area (TPSA) is 119 Å². The van der Waals surface area contributed by atoms with E-state index in [1.807, 2.05) is 42.6 Å². The largest absolute Gasteiger partial charge is 0.383 e. The minimum Gasteiger partial charge on any atom is -0.383 e. The predicted octanol–water partition coefficient (Wildman–Crippen LogP) is 2.62. The number of nitrogens with two attached hydrogens (primary N) is 2. The van der Waals surface area contributed by atoms with Gasteiger partial charge >= 0.3 is 0 Å². The van der Waals surface area contributed by atoms with Gasteiger partial charge in [0.1, 0.15) is 12.1 Å². The molecule has 132 valence electrons. The van der Waals surface area contributed by atoms with Crippen molar-refractivity contribution in [1.82, 2.24) is 24.9 Å². The second-order valence-corrected chi connectivity index (χ2v) is 6.60. The lowest BCUT2D eigenvalue weighted by atomic mass is 9.77. The molecule has 0 saturated carbocycles. The van der Waals surface area contributed by atoms with Crippen LogP contribution in [0.15, 0.2) is 55.3 Å². The Labute approximate surface area is 155 Å². The molecular formula is C20H17N7. The number of aromatic amines is 1. The van der Waals surface area contributed by atoms with E-state index in [2.05, 4.69) is 24.9 Å². The summed E-state index contributed by atoms with van der Waals surface area (Å²) in [6.45, 7) is 0. The highest BCUT2D eigenvalue weighted by Crippen LogP contribution is 2.41. The fourth-order valence-corrected chi connectivity index (χ4v) is 3.78. The van der Waals surface area contributed by atoms with Crippen molar-refractivity contribution >= 4 is 22.9 Å². The number of pyridine rings is 2. The average Bonchev–Trinajstić information content (AvgIpc) is 3.18. The third kappa shape index (κ3) is 2.25. The zero-order valence-electron chi connectivity index (χ0n) is 14.4. The van der Waals surface area contributed by atoms with Crippen LogP contribution in [-0.4, -0.2) is 24.9 Å². The molecule has 1 aliphatic rings. The van der Waals surface area contributed by atoms with E-state index >= 15 is 0 Å². The van der Waals surface area contributed by atoms with E-state index in [4.69, 9.17) is 11.5 Å². The van der Waals surface area contributed by atoms with Gasteiger partial charge < -0.3 is 16.5 Å². The van der Waals surface area contributed by atoms with Crippen molar-refractivity contribution in [2.45, 2.75) is 12.0 Å². The Morgan fingerprint density at radius 3 is 2.89 bits per heavy atom. The zero-order chi connectivity index (χ0) is 18.4. The molecule has 0 amide bonds. The molecule has 0 radical (unpaired) electrons. The normalized spacial score (nSPS) is 18.6. The third-order valence-corrected chi connectivity index (χ3v) is 5.06. The second kappa shape index (κ2) is 5.72. The highest BCUT2D eigenvalue weighted by molar-refractivity contribution is 5.90. The number of H-pyrrole nitrogens is 1. The van der Waals surface area contributed by atoms with Crippen molar-refractivity contribution in [3.63, 3.8) is 0 Å². The molecule has 0 saturated heterocycles. The number of rotatable bonds is 2. The van der Waals surface area contributed by atoms with Gasteiger partial charge in [-0.1, -0.05) is 12.2 Å². The summed E-state index contributed by atoms with van der Waals surface area (Å²) in [7, 11) is 0. The van der Waals surface area contributed by atoms with Crippen molar-refractivity contribution in [2.24, 2.45) is 5.73 Å². The smallest absolute Gasteiger partial charge is 0.130 e. The lowest BCUT2D eigenvalue weighted by Gasteiger charge is -2.34. The minimum absolute atomic E-state index is 0.463. The highest BCUT2D eigenvalue weighted by Gasteiger charge is 2.37. The first-order valence-corrected chi connectivity index (χ1v) is 8.63. The van der Waals surface area contributed by atoms with Crippen molar-refractivity contribution in [3.8, 4) is 11.3 Å². The number of nitrogens with one attached hydrogen (secondary N) is 1. The van der Waals surface area contributed by atoms with Gasteiger partial charge in [-0.2, -0.15) is 0 Å². The summed E-state index contributed by atoms with van der Waals surface area (Å²) in [6.07, 6.45) is 11.4. The molecule has 0 aromatic carbocycles. The van der Waals surface area contributed by atoms with Crippen LogP contribution in [0.1, 0.15) is 23.2 Å². The van der Waals surface area contributed by atoms with Crippen LogP contribution < -0.4 is 11.5 Å². The first kappa shape index (κ1) is 15.7. The lowest BCUT2D eigenvalue weighted by molar-refractivity contribution is 0.525.